The predicted octanol–water partition coefficient (Wildman–Crippen LogP) is 4.79. The molecule has 230 valence electrons. The quantitative estimate of drug-likeness (QED) is 0.298. The van der Waals surface area contributed by atoms with E-state index in [0.29, 0.717) is 55.6 Å². The van der Waals surface area contributed by atoms with E-state index in [1.807, 2.05) is 50.7 Å². The van der Waals surface area contributed by atoms with Crippen LogP contribution in [0.5, 0.6) is 11.5 Å². The topological polar surface area (TPSA) is 138 Å². The lowest BCUT2D eigenvalue weighted by Crippen LogP contribution is -2.38. The average Bonchev–Trinajstić information content (AvgIpc) is 3.46. The number of sulfonamides is 1. The van der Waals surface area contributed by atoms with Crippen LogP contribution < -0.4 is 14.2 Å². The molecule has 0 spiro atoms. The first-order chi connectivity index (χ1) is 20.4. The fourth-order valence-corrected chi connectivity index (χ4v) is 6.35. The maximum atomic E-state index is 13.4. The summed E-state index contributed by atoms with van der Waals surface area (Å²) >= 11 is 0. The number of hydrogen-bond acceptors (Lipinski definition) is 9. The monoisotopic (exact) mass is 611 g/mol. The fraction of sp³-hybridized carbons (Fsp3) is 0.433. The van der Waals surface area contributed by atoms with Crippen molar-refractivity contribution in [2.75, 3.05) is 32.0 Å². The van der Waals surface area contributed by atoms with Gasteiger partial charge in [-0.25, -0.2) is 13.2 Å². The second-order valence-corrected chi connectivity index (χ2v) is 13.0. The molecule has 0 radical (unpaired) electrons. The number of nitrogens with one attached hydrogen (secondary N) is 1. The molecule has 1 N–H and O–H groups in total. The largest absolute Gasteiger partial charge is 0.496 e. The Morgan fingerprint density at radius 2 is 1.79 bits per heavy atom. The zero-order valence-corrected chi connectivity index (χ0v) is 26.1. The summed E-state index contributed by atoms with van der Waals surface area (Å²) in [5.41, 5.74) is 3.60. The number of aryl methyl sites for hydroxylation is 1. The molecule has 0 atom stereocenters. The number of hydrogen-bond donors (Lipinski definition) is 1. The summed E-state index contributed by atoms with van der Waals surface area (Å²) in [6.45, 7) is 9.00. The molecule has 0 fully saturated rings. The van der Waals surface area contributed by atoms with Crippen LogP contribution in [0.15, 0.2) is 45.9 Å². The smallest absolute Gasteiger partial charge is 0.410 e. The van der Waals surface area contributed by atoms with Gasteiger partial charge in [0.1, 0.15) is 27.4 Å². The van der Waals surface area contributed by atoms with Crippen LogP contribution in [0.1, 0.15) is 50.1 Å². The van der Waals surface area contributed by atoms with E-state index in [2.05, 4.69) is 15.0 Å². The summed E-state index contributed by atoms with van der Waals surface area (Å²) < 4.78 is 53.4. The van der Waals surface area contributed by atoms with Gasteiger partial charge in [0.2, 0.25) is 0 Å². The van der Waals surface area contributed by atoms with Gasteiger partial charge in [0.25, 0.3) is 10.0 Å². The van der Waals surface area contributed by atoms with Crippen molar-refractivity contribution >= 4 is 32.9 Å². The third kappa shape index (κ3) is 6.41. The van der Waals surface area contributed by atoms with Gasteiger partial charge in [-0.2, -0.15) is 5.10 Å². The molecule has 4 aromatic rings. The average molecular weight is 612 g/mol. The SMILES string of the molecule is CCc1ccc(OC)c(S(=O)(=O)Nc2noc3cc(Cn4ncc5c4CCN(C(=O)OC(C)(C)C)CC5)cc(OC)c23)c1. The Morgan fingerprint density at radius 1 is 1.05 bits per heavy atom. The number of rotatable bonds is 8. The lowest BCUT2D eigenvalue weighted by Gasteiger charge is -2.26. The number of nitrogens with zero attached hydrogens (tertiary/aromatic N) is 4. The van der Waals surface area contributed by atoms with E-state index in [9.17, 15) is 13.2 Å². The molecular formula is C30H37N5O7S. The molecule has 2 aromatic heterocycles. The summed E-state index contributed by atoms with van der Waals surface area (Å²) in [6, 6.07) is 8.64. The molecule has 1 amide bonds. The minimum Gasteiger partial charge on any atom is -0.496 e. The maximum Gasteiger partial charge on any atom is 0.410 e. The zero-order valence-electron chi connectivity index (χ0n) is 25.3. The van der Waals surface area contributed by atoms with Gasteiger partial charge in [-0.3, -0.25) is 9.40 Å². The Kier molecular flexibility index (Phi) is 8.28. The number of anilines is 1. The molecule has 1 aliphatic heterocycles. The van der Waals surface area contributed by atoms with Crippen molar-refractivity contribution in [3.05, 3.63) is 58.9 Å². The Hall–Kier alpha value is -4.26. The van der Waals surface area contributed by atoms with Crippen molar-refractivity contribution in [1.29, 1.82) is 0 Å². The first-order valence-corrected chi connectivity index (χ1v) is 15.6. The van der Waals surface area contributed by atoms with Gasteiger partial charge in [-0.15, -0.1) is 0 Å². The molecule has 0 saturated heterocycles. The van der Waals surface area contributed by atoms with E-state index >= 15 is 0 Å². The van der Waals surface area contributed by atoms with Crippen molar-refractivity contribution in [3.63, 3.8) is 0 Å². The number of methoxy groups -OCH3 is 2. The van der Waals surface area contributed by atoms with Crippen molar-refractivity contribution in [2.24, 2.45) is 0 Å². The second kappa shape index (κ2) is 11.8. The predicted molar refractivity (Wildman–Crippen MR) is 160 cm³/mol. The van der Waals surface area contributed by atoms with E-state index in [-0.39, 0.29) is 22.6 Å². The normalized spacial score (nSPS) is 13.9. The van der Waals surface area contributed by atoms with Gasteiger partial charge in [-0.05, 0) is 74.6 Å². The lowest BCUT2D eigenvalue weighted by molar-refractivity contribution is 0.0258. The third-order valence-electron chi connectivity index (χ3n) is 7.26. The molecule has 0 unspecified atom stereocenters. The number of carbonyl (C=O) groups excluding carboxylic acids is 1. The number of aromatic nitrogens is 3. The lowest BCUT2D eigenvalue weighted by atomic mass is 10.1. The highest BCUT2D eigenvalue weighted by Gasteiger charge is 2.27. The first-order valence-electron chi connectivity index (χ1n) is 14.1. The number of amides is 1. The number of benzene rings is 2. The van der Waals surface area contributed by atoms with Gasteiger partial charge in [0, 0.05) is 25.2 Å². The Labute approximate surface area is 250 Å². The van der Waals surface area contributed by atoms with Crippen LogP contribution in [-0.4, -0.2) is 67.3 Å². The Balaban J connectivity index is 1.39. The summed E-state index contributed by atoms with van der Waals surface area (Å²) in [5, 5.41) is 9.03. The van der Waals surface area contributed by atoms with Crippen LogP contribution in [-0.2, 0) is 40.6 Å². The van der Waals surface area contributed by atoms with Crippen LogP contribution >= 0.6 is 0 Å². The number of carbonyl (C=O) groups is 1. The van der Waals surface area contributed by atoms with E-state index < -0.39 is 15.6 Å². The van der Waals surface area contributed by atoms with Crippen molar-refractivity contribution in [3.8, 4) is 11.5 Å². The van der Waals surface area contributed by atoms with Crippen LogP contribution in [0.4, 0.5) is 10.6 Å². The molecule has 5 rings (SSSR count). The summed E-state index contributed by atoms with van der Waals surface area (Å²) in [6.07, 6.45) is 3.49. The van der Waals surface area contributed by atoms with Gasteiger partial charge in [0.05, 0.1) is 27.0 Å². The summed E-state index contributed by atoms with van der Waals surface area (Å²) in [7, 11) is -1.14. The molecule has 43 heavy (non-hydrogen) atoms. The maximum absolute atomic E-state index is 13.4. The second-order valence-electron chi connectivity index (χ2n) is 11.4. The van der Waals surface area contributed by atoms with Gasteiger partial charge in [-0.1, -0.05) is 18.1 Å². The van der Waals surface area contributed by atoms with E-state index in [0.717, 1.165) is 22.4 Å². The van der Waals surface area contributed by atoms with Crippen LogP contribution in [0.2, 0.25) is 0 Å². The molecule has 12 nitrogen and oxygen atoms in total. The number of fused-ring (bicyclic) bond motifs is 2. The number of ether oxygens (including phenoxy) is 3. The fourth-order valence-electron chi connectivity index (χ4n) is 5.12. The van der Waals surface area contributed by atoms with E-state index in [1.165, 1.54) is 14.2 Å². The minimum atomic E-state index is -4.06. The standard InChI is InChI=1S/C30H37N5O7S/c1-7-19-8-9-23(39-5)26(16-19)43(37,38)33-28-27-24(40-6)14-20(15-25(27)42-32-28)18-35-22-11-13-34(12-10-21(22)17-31-35)29(36)41-30(2,3)4/h8-9,14-17H,7,10-13,18H2,1-6H3,(H,32,33). The van der Waals surface area contributed by atoms with E-state index in [4.69, 9.17) is 18.7 Å². The van der Waals surface area contributed by atoms with Crippen LogP contribution in [0, 0.1) is 0 Å². The molecule has 3 heterocycles. The zero-order chi connectivity index (χ0) is 30.9. The van der Waals surface area contributed by atoms with E-state index in [1.54, 1.807) is 23.1 Å². The van der Waals surface area contributed by atoms with Crippen LogP contribution in [0.25, 0.3) is 11.0 Å². The highest BCUT2D eigenvalue weighted by molar-refractivity contribution is 7.92. The molecule has 0 bridgehead atoms. The molecule has 1 aliphatic rings. The highest BCUT2D eigenvalue weighted by atomic mass is 32.2. The van der Waals surface area contributed by atoms with Gasteiger partial charge >= 0.3 is 6.09 Å². The van der Waals surface area contributed by atoms with Crippen molar-refractivity contribution < 1.29 is 31.9 Å². The summed E-state index contributed by atoms with van der Waals surface area (Å²) in [4.78, 5) is 14.4. The van der Waals surface area contributed by atoms with Crippen LogP contribution in [0.3, 0.4) is 0 Å². The molecule has 13 heteroatoms. The van der Waals surface area contributed by atoms with Gasteiger partial charge in [0.15, 0.2) is 11.4 Å². The molecular weight excluding hydrogens is 574 g/mol. The first kappa shape index (κ1) is 30.2. The summed E-state index contributed by atoms with van der Waals surface area (Å²) in [5.74, 6) is 0.631. The Bertz CT molecular complexity index is 1750. The van der Waals surface area contributed by atoms with Crippen molar-refractivity contribution in [2.45, 2.75) is 64.0 Å². The Morgan fingerprint density at radius 3 is 2.49 bits per heavy atom. The molecule has 2 aromatic carbocycles. The molecule has 0 saturated carbocycles. The van der Waals surface area contributed by atoms with Crippen molar-refractivity contribution in [1.82, 2.24) is 19.8 Å². The third-order valence-corrected chi connectivity index (χ3v) is 8.62. The van der Waals surface area contributed by atoms with Gasteiger partial charge < -0.3 is 23.6 Å². The minimum absolute atomic E-state index is 0.00527. The molecule has 0 aliphatic carbocycles. The highest BCUT2D eigenvalue weighted by Crippen LogP contribution is 2.36.